The Kier molecular flexibility index (Phi) is 10.7. The molecule has 4 aromatic rings. The second kappa shape index (κ2) is 15.1. The van der Waals surface area contributed by atoms with E-state index in [0.717, 1.165) is 34.0 Å². The first-order valence-electron chi connectivity index (χ1n) is 18.1. The molecule has 280 valence electrons. The molecule has 2 aliphatic heterocycles. The number of nitrogens with one attached hydrogen (secondary N) is 3. The Morgan fingerprint density at radius 1 is 1.04 bits per heavy atom. The van der Waals surface area contributed by atoms with Gasteiger partial charge in [-0.2, -0.15) is 11.3 Å². The number of aromatic nitrogens is 1. The first-order valence-corrected chi connectivity index (χ1v) is 19.0. The van der Waals surface area contributed by atoms with Crippen molar-refractivity contribution < 1.29 is 28.7 Å². The standard InChI is InChI=1S/C40H48N6O6S/c1-7-40(5,43-38(51)52-39(2,3)4)37(50)42-29(21-27-23-44(6)31-14-9-8-13-28(27)31)35(48)41-30-20-26-12-10-15-32(45-18-11-16-33(45)47)34(26)46(36(30)49)22-25-17-19-53-24-25/h8-10,12-15,17,19,23-24,29-30H,7,11,16,18,20-22H2,1-6H3,(H,41,48)(H,42,50)(H,43,51)/t29-,30?,40+/m1/s1. The van der Waals surface area contributed by atoms with Gasteiger partial charge in [0.15, 0.2) is 0 Å². The molecular weight excluding hydrogens is 693 g/mol. The van der Waals surface area contributed by atoms with Gasteiger partial charge in [-0.15, -0.1) is 0 Å². The lowest BCUT2D eigenvalue weighted by Gasteiger charge is -2.38. The SMILES string of the molecule is CC[C@](C)(NC(=O)OC(C)(C)C)C(=O)N[C@H](Cc1cn(C)c2ccccc12)C(=O)NC1Cc2cccc(N3CCCC3=O)c2N(Cc2ccsc2)C1=O. The molecule has 5 amide bonds. The molecule has 6 rings (SSSR count). The quantitative estimate of drug-likeness (QED) is 0.189. The Morgan fingerprint density at radius 2 is 1.81 bits per heavy atom. The smallest absolute Gasteiger partial charge is 0.408 e. The second-order valence-corrected chi connectivity index (χ2v) is 15.9. The van der Waals surface area contributed by atoms with Crippen molar-refractivity contribution >= 4 is 63.3 Å². The summed E-state index contributed by atoms with van der Waals surface area (Å²) in [4.78, 5) is 72.1. The van der Waals surface area contributed by atoms with Crippen molar-refractivity contribution in [2.75, 3.05) is 16.3 Å². The zero-order valence-electron chi connectivity index (χ0n) is 31.2. The van der Waals surface area contributed by atoms with Crippen LogP contribution in [0.4, 0.5) is 16.2 Å². The summed E-state index contributed by atoms with van der Waals surface area (Å²) < 4.78 is 7.41. The van der Waals surface area contributed by atoms with Gasteiger partial charge in [0.25, 0.3) is 0 Å². The molecule has 0 saturated carbocycles. The number of benzene rings is 2. The molecule has 4 heterocycles. The number of hydrogen-bond donors (Lipinski definition) is 3. The molecule has 0 spiro atoms. The summed E-state index contributed by atoms with van der Waals surface area (Å²) in [6.07, 6.45) is 2.93. The Bertz CT molecular complexity index is 2030. The number of carbonyl (C=O) groups excluding carboxylic acids is 5. The van der Waals surface area contributed by atoms with Crippen LogP contribution < -0.4 is 25.8 Å². The van der Waals surface area contributed by atoms with Crippen molar-refractivity contribution in [2.24, 2.45) is 7.05 Å². The third kappa shape index (κ3) is 8.09. The summed E-state index contributed by atoms with van der Waals surface area (Å²) in [5, 5.41) is 13.5. The summed E-state index contributed by atoms with van der Waals surface area (Å²) >= 11 is 1.53. The summed E-state index contributed by atoms with van der Waals surface area (Å²) in [6.45, 7) is 9.40. The predicted octanol–water partition coefficient (Wildman–Crippen LogP) is 5.36. The zero-order chi connectivity index (χ0) is 38.1. The largest absolute Gasteiger partial charge is 0.444 e. The number of aryl methyl sites for hydroxylation is 1. The molecule has 2 aliphatic rings. The summed E-state index contributed by atoms with van der Waals surface area (Å²) in [7, 11) is 1.92. The molecule has 1 fully saturated rings. The molecule has 0 radical (unpaired) electrons. The number of ether oxygens (including phenoxy) is 1. The minimum absolute atomic E-state index is 0.0176. The maximum atomic E-state index is 14.5. The van der Waals surface area contributed by atoms with Gasteiger partial charge in [0.2, 0.25) is 23.6 Å². The molecule has 0 aliphatic carbocycles. The van der Waals surface area contributed by atoms with Crippen LogP contribution in [0.1, 0.15) is 70.6 Å². The van der Waals surface area contributed by atoms with Gasteiger partial charge in [-0.1, -0.05) is 37.3 Å². The third-order valence-corrected chi connectivity index (χ3v) is 10.7. The topological polar surface area (TPSA) is 142 Å². The van der Waals surface area contributed by atoms with Gasteiger partial charge in [-0.05, 0) is 86.2 Å². The van der Waals surface area contributed by atoms with Crippen LogP contribution in [0.15, 0.2) is 65.5 Å². The highest BCUT2D eigenvalue weighted by Gasteiger charge is 2.41. The molecule has 3 N–H and O–H groups in total. The molecule has 3 atom stereocenters. The lowest BCUT2D eigenvalue weighted by Crippen LogP contribution is -2.62. The molecule has 53 heavy (non-hydrogen) atoms. The van der Waals surface area contributed by atoms with Gasteiger partial charge < -0.3 is 35.1 Å². The van der Waals surface area contributed by atoms with E-state index in [1.165, 1.54) is 11.3 Å². The highest BCUT2D eigenvalue weighted by Crippen LogP contribution is 2.40. The van der Waals surface area contributed by atoms with Crippen molar-refractivity contribution in [3.05, 3.63) is 82.2 Å². The highest BCUT2D eigenvalue weighted by molar-refractivity contribution is 7.07. The Morgan fingerprint density at radius 3 is 2.49 bits per heavy atom. The molecule has 2 aromatic carbocycles. The first kappa shape index (κ1) is 37.6. The van der Waals surface area contributed by atoms with Crippen molar-refractivity contribution in [3.63, 3.8) is 0 Å². The minimum atomic E-state index is -1.40. The number of thiophene rings is 1. The van der Waals surface area contributed by atoms with E-state index in [1.807, 2.05) is 77.1 Å². The van der Waals surface area contributed by atoms with Gasteiger partial charge in [0.1, 0.15) is 23.2 Å². The van der Waals surface area contributed by atoms with E-state index in [0.29, 0.717) is 24.3 Å². The van der Waals surface area contributed by atoms with Crippen LogP contribution in [-0.4, -0.2) is 64.1 Å². The van der Waals surface area contributed by atoms with Crippen molar-refractivity contribution in [2.45, 2.75) is 96.5 Å². The van der Waals surface area contributed by atoms with E-state index in [2.05, 4.69) is 16.0 Å². The fourth-order valence-corrected chi connectivity index (χ4v) is 7.72. The molecule has 1 unspecified atom stereocenters. The van der Waals surface area contributed by atoms with E-state index in [-0.39, 0.29) is 37.6 Å². The average molecular weight is 741 g/mol. The van der Waals surface area contributed by atoms with Gasteiger partial charge in [0.05, 0.1) is 17.9 Å². The van der Waals surface area contributed by atoms with Crippen LogP contribution in [0, 0.1) is 0 Å². The third-order valence-electron chi connectivity index (χ3n) is 9.97. The summed E-state index contributed by atoms with van der Waals surface area (Å²) in [5.41, 5.74) is 2.75. The summed E-state index contributed by atoms with van der Waals surface area (Å²) in [5.74, 6) is -1.39. The van der Waals surface area contributed by atoms with Crippen molar-refractivity contribution in [1.82, 2.24) is 20.5 Å². The number of para-hydroxylation sites is 2. The predicted molar refractivity (Wildman–Crippen MR) is 206 cm³/mol. The van der Waals surface area contributed by atoms with Crippen LogP contribution in [-0.2, 0) is 50.3 Å². The Balaban J connectivity index is 1.31. The van der Waals surface area contributed by atoms with Crippen molar-refractivity contribution in [1.29, 1.82) is 0 Å². The Labute approximate surface area is 313 Å². The molecule has 0 bridgehead atoms. The van der Waals surface area contributed by atoms with Gasteiger partial charge in [-0.25, -0.2) is 4.79 Å². The minimum Gasteiger partial charge on any atom is -0.444 e. The van der Waals surface area contributed by atoms with Crippen LogP contribution in [0.5, 0.6) is 0 Å². The van der Waals surface area contributed by atoms with Crippen LogP contribution in [0.2, 0.25) is 0 Å². The number of alkyl carbamates (subject to hydrolysis) is 1. The van der Waals surface area contributed by atoms with Gasteiger partial charge in [-0.3, -0.25) is 19.2 Å². The molecule has 12 nitrogen and oxygen atoms in total. The lowest BCUT2D eigenvalue weighted by molar-refractivity contribution is -0.133. The molecule has 13 heteroatoms. The fourth-order valence-electron chi connectivity index (χ4n) is 7.06. The van der Waals surface area contributed by atoms with Gasteiger partial charge >= 0.3 is 6.09 Å². The molecule has 2 aromatic heterocycles. The molecular formula is C40H48N6O6S. The number of amides is 5. The van der Waals surface area contributed by atoms with Crippen molar-refractivity contribution in [3.8, 4) is 0 Å². The van der Waals surface area contributed by atoms with Gasteiger partial charge in [0, 0.05) is 50.0 Å². The van der Waals surface area contributed by atoms with E-state index in [4.69, 9.17) is 4.74 Å². The average Bonchev–Trinajstić information content (AvgIpc) is 3.86. The van der Waals surface area contributed by atoms with Crippen LogP contribution in [0.3, 0.4) is 0 Å². The highest BCUT2D eigenvalue weighted by atomic mass is 32.1. The maximum Gasteiger partial charge on any atom is 0.408 e. The van der Waals surface area contributed by atoms with E-state index in [9.17, 15) is 24.0 Å². The van der Waals surface area contributed by atoms with Crippen LogP contribution in [0.25, 0.3) is 10.9 Å². The van der Waals surface area contributed by atoms with E-state index in [1.54, 1.807) is 44.4 Å². The fraction of sp³-hybridized carbons (Fsp3) is 0.425. The zero-order valence-corrected chi connectivity index (χ0v) is 32.0. The Hall–Kier alpha value is -5.17. The maximum absolute atomic E-state index is 14.5. The second-order valence-electron chi connectivity index (χ2n) is 15.1. The number of nitrogens with zero attached hydrogens (tertiary/aromatic N) is 3. The summed E-state index contributed by atoms with van der Waals surface area (Å²) in [6, 6.07) is 13.4. The van der Waals surface area contributed by atoms with E-state index >= 15 is 0 Å². The number of fused-ring (bicyclic) bond motifs is 2. The molecule has 1 saturated heterocycles. The number of rotatable bonds is 11. The van der Waals surface area contributed by atoms with Crippen LogP contribution >= 0.6 is 11.3 Å². The van der Waals surface area contributed by atoms with E-state index < -0.39 is 41.1 Å². The number of hydrogen-bond acceptors (Lipinski definition) is 7. The number of anilines is 2. The first-order chi connectivity index (χ1) is 25.2. The lowest BCUT2D eigenvalue weighted by atomic mass is 9.94. The number of carbonyl (C=O) groups is 5. The normalized spacial score (nSPS) is 17.7. The monoisotopic (exact) mass is 740 g/mol.